The maximum Gasteiger partial charge on any atom is 1.00 e. The van der Waals surface area contributed by atoms with Gasteiger partial charge in [-0.3, -0.25) is 4.55 Å². The van der Waals surface area contributed by atoms with E-state index in [1.165, 1.54) is 0 Å². The van der Waals surface area contributed by atoms with Gasteiger partial charge < -0.3 is 4.55 Å². The third kappa shape index (κ3) is 225. The smallest absolute Gasteiger partial charge is 0.726 e. The molecule has 0 fully saturated rings. The summed E-state index contributed by atoms with van der Waals surface area (Å²) in [6.07, 6.45) is 0. The van der Waals surface area contributed by atoms with Crippen LogP contribution >= 0.6 is 0 Å². The molecule has 1 N–H and O–H groups in total. The fourth-order valence-corrected chi connectivity index (χ4v) is 0. The Morgan fingerprint density at radius 3 is 1.67 bits per heavy atom. The summed E-state index contributed by atoms with van der Waals surface area (Å²) in [5, 5.41) is 0. The summed E-state index contributed by atoms with van der Waals surface area (Å²) in [6, 6.07) is 0. The maximum atomic E-state index is 8.63. The molecule has 0 aromatic rings. The van der Waals surface area contributed by atoms with E-state index in [0.29, 0.717) is 0 Å². The van der Waals surface area contributed by atoms with Gasteiger partial charge in [0.2, 0.25) is 10.4 Å². The van der Waals surface area contributed by atoms with E-state index in [2.05, 4.69) is 0 Å². The first-order valence-corrected chi connectivity index (χ1v) is 2.05. The Morgan fingerprint density at radius 1 is 1.67 bits per heavy atom. The predicted octanol–water partition coefficient (Wildman–Crippen LogP) is -0.885. The number of hydrogen-bond acceptors (Lipinski definition) is 3. The number of hydrogen-bond donors (Lipinski definition) is 1. The Labute approximate surface area is 49.4 Å². The van der Waals surface area contributed by atoms with E-state index in [0.717, 1.165) is 0 Å². The molecule has 6 heavy (non-hydrogen) atoms. The van der Waals surface area contributed by atoms with E-state index in [1.54, 1.807) is 0 Å². The zero-order valence-electron chi connectivity index (χ0n) is 3.79. The van der Waals surface area contributed by atoms with Crippen LogP contribution in [0.15, 0.2) is 0 Å². The first-order chi connectivity index (χ1) is 2.00. The van der Waals surface area contributed by atoms with Gasteiger partial charge in [-0.25, -0.2) is 8.42 Å². The quantitative estimate of drug-likeness (QED) is 0.286. The molecule has 0 bridgehead atoms. The zero-order valence-corrected chi connectivity index (χ0v) is 6.57. The average molecular weight is 163 g/mol. The van der Waals surface area contributed by atoms with Crippen LogP contribution in [0.1, 0.15) is 1.43 Å². The number of rotatable bonds is 0. The van der Waals surface area contributed by atoms with Crippen molar-refractivity contribution < 1.29 is 38.4 Å². The topological polar surface area (TPSA) is 77.4 Å². The van der Waals surface area contributed by atoms with Crippen molar-refractivity contribution >= 4 is 10.4 Å². The molecule has 6 heteroatoms. The molecule has 0 atom stereocenters. The Morgan fingerprint density at radius 2 is 1.67 bits per heavy atom. The van der Waals surface area contributed by atoms with Gasteiger partial charge in [0.1, 0.15) is 0 Å². The van der Waals surface area contributed by atoms with Gasteiger partial charge in [-0.1, -0.05) is 0 Å². The van der Waals surface area contributed by atoms with E-state index in [1.807, 2.05) is 0 Å². The summed E-state index contributed by atoms with van der Waals surface area (Å²) < 4.78 is 32.8. The average Bonchev–Trinajstić information content (AvgIpc) is 0.722. The van der Waals surface area contributed by atoms with Crippen molar-refractivity contribution in [1.82, 2.24) is 0 Å². The zero-order chi connectivity index (χ0) is 4.50. The van der Waals surface area contributed by atoms with Gasteiger partial charge in [0.05, 0.1) is 0 Å². The van der Waals surface area contributed by atoms with Crippen LogP contribution in [-0.2, 0) is 29.9 Å². The summed E-state index contributed by atoms with van der Waals surface area (Å²) in [7, 11) is -4.92. The molecular formula is H2O4SZn. The van der Waals surface area contributed by atoms with Crippen LogP contribution in [0.5, 0.6) is 0 Å². The van der Waals surface area contributed by atoms with Gasteiger partial charge >= 0.3 is 1.43 Å². The minimum Gasteiger partial charge on any atom is -0.726 e. The van der Waals surface area contributed by atoms with Crippen LogP contribution < -0.4 is 0 Å². The fourth-order valence-electron chi connectivity index (χ4n) is 0. The SMILES string of the molecule is O=S(=O)([O-])O.[H+].[Zn]. The van der Waals surface area contributed by atoms with Gasteiger partial charge in [-0.05, 0) is 0 Å². The summed E-state index contributed by atoms with van der Waals surface area (Å²) >= 11 is 0. The monoisotopic (exact) mass is 162 g/mol. The fraction of sp³-hybridized carbons (Fsp3) is 0. The molecule has 0 saturated carbocycles. The molecule has 0 aromatic heterocycles. The van der Waals surface area contributed by atoms with E-state index in [9.17, 15) is 0 Å². The summed E-state index contributed by atoms with van der Waals surface area (Å²) in [5.41, 5.74) is 0. The van der Waals surface area contributed by atoms with Crippen molar-refractivity contribution in [3.05, 3.63) is 0 Å². The van der Waals surface area contributed by atoms with Crippen LogP contribution in [0, 0.1) is 0 Å². The van der Waals surface area contributed by atoms with Crippen molar-refractivity contribution in [3.63, 3.8) is 0 Å². The maximum absolute atomic E-state index is 8.63. The molecule has 0 unspecified atom stereocenters. The van der Waals surface area contributed by atoms with Crippen LogP contribution in [0.25, 0.3) is 0 Å². The Balaban J connectivity index is -0.0000000800. The summed E-state index contributed by atoms with van der Waals surface area (Å²) in [6.45, 7) is 0. The van der Waals surface area contributed by atoms with Gasteiger partial charge in [-0.15, -0.1) is 0 Å². The van der Waals surface area contributed by atoms with Crippen molar-refractivity contribution in [1.29, 1.82) is 0 Å². The van der Waals surface area contributed by atoms with Crippen molar-refractivity contribution in [2.75, 3.05) is 0 Å². The molecule has 0 amide bonds. The van der Waals surface area contributed by atoms with E-state index in [-0.39, 0.29) is 20.9 Å². The second kappa shape index (κ2) is 2.63. The predicted molar refractivity (Wildman–Crippen MR) is 13.4 cm³/mol. The summed E-state index contributed by atoms with van der Waals surface area (Å²) in [4.78, 5) is 0. The largest absolute Gasteiger partial charge is 1.00 e. The second-order valence-corrected chi connectivity index (χ2v) is 1.28. The van der Waals surface area contributed by atoms with Gasteiger partial charge in [0.25, 0.3) is 0 Å². The molecule has 0 spiro atoms. The second-order valence-electron chi connectivity index (χ2n) is 0.428. The third-order valence-corrected chi connectivity index (χ3v) is 0. The van der Waals surface area contributed by atoms with Crippen molar-refractivity contribution in [3.8, 4) is 0 Å². The molecule has 0 saturated heterocycles. The van der Waals surface area contributed by atoms with E-state index in [4.69, 9.17) is 17.5 Å². The summed E-state index contributed by atoms with van der Waals surface area (Å²) in [5.74, 6) is 0. The van der Waals surface area contributed by atoms with Crippen molar-refractivity contribution in [2.24, 2.45) is 0 Å². The first-order valence-electron chi connectivity index (χ1n) is 0.683. The van der Waals surface area contributed by atoms with Crippen LogP contribution in [0.3, 0.4) is 0 Å². The molecule has 34 valence electrons. The molecule has 0 aliphatic heterocycles. The standard InChI is InChI=1S/H2O4S.Zn/c1-5(2,3)4;/h(H2,1,2,3,4);. The van der Waals surface area contributed by atoms with Gasteiger partial charge in [-0.2, -0.15) is 0 Å². The van der Waals surface area contributed by atoms with Crippen LogP contribution in [0.2, 0.25) is 0 Å². The van der Waals surface area contributed by atoms with Crippen molar-refractivity contribution in [2.45, 2.75) is 0 Å². The molecule has 0 rings (SSSR count). The van der Waals surface area contributed by atoms with Gasteiger partial charge in [0, 0.05) is 19.5 Å². The van der Waals surface area contributed by atoms with Crippen LogP contribution in [0.4, 0.5) is 0 Å². The Hall–Kier alpha value is 0.493. The van der Waals surface area contributed by atoms with E-state index < -0.39 is 10.4 Å². The molecular weight excluding hydrogens is 161 g/mol. The molecule has 0 aromatic carbocycles. The minimum atomic E-state index is -4.92. The normalized spacial score (nSPS) is 9.67. The third-order valence-electron chi connectivity index (χ3n) is 0. The van der Waals surface area contributed by atoms with Crippen LogP contribution in [-0.4, -0.2) is 17.5 Å². The molecule has 4 nitrogen and oxygen atoms in total. The first kappa shape index (κ1) is 9.71. The molecule has 0 aliphatic rings. The van der Waals surface area contributed by atoms with Gasteiger partial charge in [0.15, 0.2) is 0 Å². The Kier molecular flexibility index (Phi) is 4.25. The van der Waals surface area contributed by atoms with E-state index >= 15 is 0 Å². The molecule has 0 heterocycles. The minimum absolute atomic E-state index is 0. The molecule has 0 radical (unpaired) electrons. The molecule has 0 aliphatic carbocycles. The Bertz CT molecular complexity index is 94.9.